The summed E-state index contributed by atoms with van der Waals surface area (Å²) in [7, 11) is 6.05. The van der Waals surface area contributed by atoms with Crippen LogP contribution in [0.5, 0.6) is 23.0 Å². The zero-order chi connectivity index (χ0) is 93.0. The number of aryl methyl sites for hydroxylation is 3. The number of thioether (sulfide) groups is 1. The van der Waals surface area contributed by atoms with E-state index in [2.05, 4.69) is 30.5 Å². The van der Waals surface area contributed by atoms with Gasteiger partial charge in [0.1, 0.15) is 49.5 Å². The number of nitrogens with zero attached hydrogens (tertiary/aromatic N) is 6. The van der Waals surface area contributed by atoms with Crippen LogP contribution in [-0.4, -0.2) is 237 Å². The molecule has 9 rings (SSSR count). The minimum absolute atomic E-state index is 0.00938. The van der Waals surface area contributed by atoms with E-state index in [1.165, 1.54) is 54.9 Å². The van der Waals surface area contributed by atoms with E-state index in [0.717, 1.165) is 50.1 Å². The predicted octanol–water partition coefficient (Wildman–Crippen LogP) is 8.64. The third-order valence-electron chi connectivity index (χ3n) is 21.1. The van der Waals surface area contributed by atoms with E-state index in [1.807, 2.05) is 115 Å². The van der Waals surface area contributed by atoms with Crippen LogP contribution < -0.4 is 34.9 Å². The molecule has 0 bridgehead atoms. The average molecular weight is 1810 g/mol. The van der Waals surface area contributed by atoms with Crippen LogP contribution in [0, 0.1) is 30.3 Å². The van der Waals surface area contributed by atoms with Crippen molar-refractivity contribution in [2.45, 2.75) is 193 Å². The van der Waals surface area contributed by atoms with E-state index >= 15 is 0 Å². The molecule has 0 aromatic heterocycles. The molecule has 3 amide bonds. The Morgan fingerprint density at radius 3 is 1.02 bits per heavy atom. The van der Waals surface area contributed by atoms with Crippen LogP contribution >= 0.6 is 11.8 Å². The summed E-state index contributed by atoms with van der Waals surface area (Å²) in [5.41, 5.74) is 8.23. The first kappa shape index (κ1) is 103. The lowest BCUT2D eigenvalue weighted by Gasteiger charge is -2.37. The molecule has 3 N–H and O–H groups in total. The zero-order valence-electron chi connectivity index (χ0n) is 73.9. The van der Waals surface area contributed by atoms with Gasteiger partial charge in [0, 0.05) is 56.8 Å². The van der Waals surface area contributed by atoms with Crippen molar-refractivity contribution in [3.05, 3.63) is 220 Å². The number of rotatable bonds is 49. The summed E-state index contributed by atoms with van der Waals surface area (Å²) in [6.07, 6.45) is 4.47. The zero-order valence-corrected chi connectivity index (χ0v) is 74.7. The molecule has 0 spiro atoms. The van der Waals surface area contributed by atoms with Gasteiger partial charge in [0.25, 0.3) is 15.3 Å². The fourth-order valence-electron chi connectivity index (χ4n) is 14.6. The molecule has 9 unspecified atom stereocenters. The van der Waals surface area contributed by atoms with Gasteiger partial charge >= 0.3 is 35.8 Å². The molecule has 0 radical (unpaired) electrons. The van der Waals surface area contributed by atoms with E-state index in [0.29, 0.717) is 92.3 Å². The Bertz CT molecular complexity index is 4600. The predicted molar refractivity (Wildman–Crippen MR) is 466 cm³/mol. The molecule has 0 saturated heterocycles. The molecule has 0 saturated carbocycles. The third-order valence-corrected chi connectivity index (χ3v) is 22.0. The van der Waals surface area contributed by atoms with Gasteiger partial charge in [-0.25, -0.2) is 14.4 Å². The van der Waals surface area contributed by atoms with Crippen LogP contribution in [0.2, 0.25) is 0 Å². The maximum atomic E-state index is 13.9. The molecule has 3 aliphatic rings. The van der Waals surface area contributed by atoms with Crippen LogP contribution in [0.25, 0.3) is 0 Å². The number of methoxy groups -OCH3 is 4. The number of amides is 3. The average Bonchev–Trinajstić information content (AvgIpc) is 0.789. The van der Waals surface area contributed by atoms with Crippen LogP contribution in [0.3, 0.4) is 0 Å². The van der Waals surface area contributed by atoms with Gasteiger partial charge in [0.15, 0.2) is 23.0 Å². The number of ether oxygens (including phenoxy) is 10. The van der Waals surface area contributed by atoms with Crippen LogP contribution in [0.1, 0.15) is 130 Å². The maximum Gasteiger partial charge on any atom is 0.329 e. The molecule has 696 valence electrons. The summed E-state index contributed by atoms with van der Waals surface area (Å²) in [6.45, 7) is 10.8. The van der Waals surface area contributed by atoms with Crippen LogP contribution in [-0.2, 0) is 144 Å². The number of hydrogen-bond donors (Lipinski definition) is 3. The van der Waals surface area contributed by atoms with Gasteiger partial charge in [-0.2, -0.15) is 11.8 Å². The second-order valence-electron chi connectivity index (χ2n) is 29.8. The van der Waals surface area contributed by atoms with Crippen molar-refractivity contribution >= 4 is 65.3 Å². The van der Waals surface area contributed by atoms with Crippen molar-refractivity contribution < 1.29 is 120 Å². The highest BCUT2D eigenvalue weighted by Crippen LogP contribution is 2.38. The maximum absolute atomic E-state index is 13.9. The van der Waals surface area contributed by atoms with Crippen molar-refractivity contribution in [3.8, 4) is 23.0 Å². The lowest BCUT2D eigenvalue weighted by atomic mass is 9.92. The summed E-state index contributed by atoms with van der Waals surface area (Å²) in [5, 5.41) is 37.7. The summed E-state index contributed by atoms with van der Waals surface area (Å²) in [4.78, 5) is 168. The van der Waals surface area contributed by atoms with Gasteiger partial charge in [0.05, 0.1) is 92.8 Å². The monoisotopic (exact) mass is 1800 g/mol. The van der Waals surface area contributed by atoms with E-state index in [-0.39, 0.29) is 110 Å². The van der Waals surface area contributed by atoms with E-state index < -0.39 is 111 Å². The molecule has 38 heteroatoms. The molecule has 9 atom stereocenters. The topological polar surface area (TPSA) is 449 Å². The lowest BCUT2D eigenvalue weighted by molar-refractivity contribution is -0.757. The summed E-state index contributed by atoms with van der Waals surface area (Å²) in [5.74, 6) is -1.48. The Labute approximate surface area is 747 Å². The van der Waals surface area contributed by atoms with Crippen molar-refractivity contribution in [2.75, 3.05) is 99.4 Å². The minimum atomic E-state index is -0.982. The molecular formula is C90H117N9O28S. The standard InChI is InChI=1S/C31H41N3O10.C30H39N3O10.C29H37N3O8S/c1-5-42-30(36)25(14-13-22-11-7-6-8-12-22)32-21(2)29(35)33-20-24-19-28(41-4)27(40-3)18-23(24)17-26(33)31(37)43-15-9-10-16-44-34(38)39;1-5-41-29(35)24(13-12-21-10-7-6-8-11-21)31-20(2)28(34)32-19-23-18-27(40-4)26(39-3)17-22(23)16-25(32)30(36)42-14-9-15-43-33(37)38;1-3-38-28(34)25(14-13-22-9-5-4-6-10-22)30-21(2)27(33)31-20-24-12-8-7-11-23(24)19-26(31)29(35)39-15-17-41-18-16-40-32(36)37/h6-8,11-12,18-19,21,25-26,32H,5,9-10,13-17,20H2,1-4H3;6-8,10-11,17-18,20,24-25,31H,5,9,12-16,19H2,1-4H3;4-12,21,25-26,30H,3,13-20H2,1-2H3. The summed E-state index contributed by atoms with van der Waals surface area (Å²) >= 11 is 1.36. The molecule has 3 heterocycles. The Kier molecular flexibility index (Phi) is 43.8. The fourth-order valence-corrected chi connectivity index (χ4v) is 15.2. The molecule has 6 aromatic rings. The molecule has 0 aliphatic carbocycles. The lowest BCUT2D eigenvalue weighted by Crippen LogP contribution is -2.56. The van der Waals surface area contributed by atoms with Gasteiger partial charge < -0.3 is 76.6 Å². The number of nitrogens with one attached hydrogen (secondary N) is 3. The molecular weight excluding hydrogens is 1690 g/mol. The number of unbranched alkanes of at least 4 members (excludes halogenated alkanes) is 1. The normalized spacial score (nSPS) is 15.5. The number of carbonyl (C=O) groups excluding carboxylic acids is 9. The highest BCUT2D eigenvalue weighted by atomic mass is 32.2. The van der Waals surface area contributed by atoms with Gasteiger partial charge in [-0.1, -0.05) is 115 Å². The Hall–Kier alpha value is -12.4. The van der Waals surface area contributed by atoms with Crippen molar-refractivity contribution in [1.82, 2.24) is 30.7 Å². The minimum Gasteiger partial charge on any atom is -0.493 e. The van der Waals surface area contributed by atoms with Gasteiger partial charge in [-0.3, -0.25) is 44.7 Å². The van der Waals surface area contributed by atoms with Crippen molar-refractivity contribution in [1.29, 1.82) is 0 Å². The van der Waals surface area contributed by atoms with E-state index in [9.17, 15) is 73.5 Å². The first-order valence-corrected chi connectivity index (χ1v) is 43.6. The van der Waals surface area contributed by atoms with Crippen LogP contribution in [0.15, 0.2) is 140 Å². The molecule has 37 nitrogen and oxygen atoms in total. The quantitative estimate of drug-likeness (QED) is 0.0106. The van der Waals surface area contributed by atoms with E-state index in [1.54, 1.807) is 65.8 Å². The number of hydrogen-bond acceptors (Lipinski definition) is 32. The fraction of sp³-hybridized carbons (Fsp3) is 0.500. The Morgan fingerprint density at radius 1 is 0.375 bits per heavy atom. The summed E-state index contributed by atoms with van der Waals surface area (Å²) in [6, 6.07) is 36.5. The largest absolute Gasteiger partial charge is 0.493 e. The van der Waals surface area contributed by atoms with Crippen molar-refractivity contribution in [2.24, 2.45) is 0 Å². The second-order valence-corrected chi connectivity index (χ2v) is 31.0. The van der Waals surface area contributed by atoms with Crippen molar-refractivity contribution in [3.63, 3.8) is 0 Å². The first-order valence-electron chi connectivity index (χ1n) is 42.4. The second kappa shape index (κ2) is 54.6. The molecule has 0 fully saturated rings. The highest BCUT2D eigenvalue weighted by Gasteiger charge is 2.43. The SMILES string of the molecule is CCOC(=O)C(CCc1ccccc1)NC(C)C(=O)N1Cc2cc(OC)c(OC)cc2CC1C(=O)OCCCCO[N+](=O)[O-].CCOC(=O)C(CCc1ccccc1)NC(C)C(=O)N1Cc2cc(OC)c(OC)cc2CC1C(=O)OCCCO[N+](=O)[O-].CCOC(=O)C(CCc1ccccc1)NC(C)C(=O)N1Cc2ccccc2CC1C(=O)OCCSCCO[N+](=O)[O-]. The third kappa shape index (κ3) is 32.8. The first-order chi connectivity index (χ1) is 61.6. The number of fused-ring (bicyclic) bond motifs is 3. The van der Waals surface area contributed by atoms with Gasteiger partial charge in [0.2, 0.25) is 17.7 Å². The number of benzene rings is 6. The van der Waals surface area contributed by atoms with E-state index in [4.69, 9.17) is 47.4 Å². The number of carbonyl (C=O) groups is 9. The smallest absolute Gasteiger partial charge is 0.329 e. The number of esters is 6. The molecule has 128 heavy (non-hydrogen) atoms. The highest BCUT2D eigenvalue weighted by molar-refractivity contribution is 7.99. The summed E-state index contributed by atoms with van der Waals surface area (Å²) < 4.78 is 54.0. The van der Waals surface area contributed by atoms with Gasteiger partial charge in [-0.15, -0.1) is 30.3 Å². The Balaban J connectivity index is 0.000000263. The molecule has 6 aromatic carbocycles. The van der Waals surface area contributed by atoms with Gasteiger partial charge in [-0.05, 0) is 167 Å². The molecule has 3 aliphatic heterocycles. The Morgan fingerprint density at radius 2 is 0.664 bits per heavy atom. The van der Waals surface area contributed by atoms with Crippen LogP contribution in [0.4, 0.5) is 0 Å².